The highest BCUT2D eigenvalue weighted by Gasteiger charge is 2.03. The van der Waals surface area contributed by atoms with Gasteiger partial charge in [-0.1, -0.05) is 42.5 Å². The Bertz CT molecular complexity index is 675. The maximum Gasteiger partial charge on any atom is 0.0949 e. The Hall–Kier alpha value is -2.55. The van der Waals surface area contributed by atoms with Gasteiger partial charge in [0.15, 0.2) is 0 Å². The van der Waals surface area contributed by atoms with Crippen molar-refractivity contribution in [2.45, 2.75) is 13.1 Å². The third kappa shape index (κ3) is 3.51. The molecule has 0 aliphatic heterocycles. The second kappa shape index (κ2) is 6.27. The van der Waals surface area contributed by atoms with Crippen molar-refractivity contribution < 1.29 is 0 Å². The molecule has 0 radical (unpaired) electrons. The van der Waals surface area contributed by atoms with Crippen LogP contribution in [0.2, 0.25) is 0 Å². The zero-order valence-corrected chi connectivity index (χ0v) is 12.2. The largest absolute Gasteiger partial charge is 0.370 e. The molecule has 0 aliphatic carbocycles. The van der Waals surface area contributed by atoms with Crippen molar-refractivity contribution in [3.63, 3.8) is 0 Å². The van der Waals surface area contributed by atoms with Crippen LogP contribution in [0.5, 0.6) is 0 Å². The second-order valence-corrected chi connectivity index (χ2v) is 5.25. The highest BCUT2D eigenvalue weighted by Crippen LogP contribution is 2.18. The molecule has 1 heterocycles. The Morgan fingerprint density at radius 3 is 2.57 bits per heavy atom. The summed E-state index contributed by atoms with van der Waals surface area (Å²) in [7, 11) is 2.13. The van der Waals surface area contributed by atoms with Gasteiger partial charge in [0.05, 0.1) is 6.33 Å². The first-order chi connectivity index (χ1) is 10.3. The normalized spacial score (nSPS) is 10.5. The van der Waals surface area contributed by atoms with Crippen LogP contribution in [0.25, 0.3) is 0 Å². The predicted octanol–water partition coefficient (Wildman–Crippen LogP) is 3.57. The molecule has 0 N–H and O–H groups in total. The molecule has 3 rings (SSSR count). The SMILES string of the molecule is CN(Cc1ccccc1)c1cccc(Cn2ccnc2)c1. The van der Waals surface area contributed by atoms with E-state index in [0.29, 0.717) is 0 Å². The number of imidazole rings is 1. The van der Waals surface area contributed by atoms with Crippen LogP contribution in [0.3, 0.4) is 0 Å². The van der Waals surface area contributed by atoms with E-state index in [4.69, 9.17) is 0 Å². The lowest BCUT2D eigenvalue weighted by Crippen LogP contribution is -2.16. The molecule has 0 bridgehead atoms. The average molecular weight is 277 g/mol. The monoisotopic (exact) mass is 277 g/mol. The minimum absolute atomic E-state index is 0.854. The zero-order chi connectivity index (χ0) is 14.5. The van der Waals surface area contributed by atoms with Crippen molar-refractivity contribution in [3.8, 4) is 0 Å². The molecule has 3 aromatic rings. The van der Waals surface area contributed by atoms with E-state index in [0.717, 1.165) is 13.1 Å². The summed E-state index contributed by atoms with van der Waals surface area (Å²) in [4.78, 5) is 6.35. The number of aromatic nitrogens is 2. The molecule has 106 valence electrons. The Kier molecular flexibility index (Phi) is 4.01. The summed E-state index contributed by atoms with van der Waals surface area (Å²) in [5, 5.41) is 0. The van der Waals surface area contributed by atoms with Gasteiger partial charge in [0.1, 0.15) is 0 Å². The van der Waals surface area contributed by atoms with Gasteiger partial charge < -0.3 is 9.47 Å². The van der Waals surface area contributed by atoms with E-state index in [9.17, 15) is 0 Å². The van der Waals surface area contributed by atoms with Crippen LogP contribution in [0.15, 0.2) is 73.3 Å². The van der Waals surface area contributed by atoms with Gasteiger partial charge in [-0.25, -0.2) is 4.98 Å². The predicted molar refractivity (Wildman–Crippen MR) is 86.3 cm³/mol. The van der Waals surface area contributed by atoms with Gasteiger partial charge in [0.2, 0.25) is 0 Å². The Labute approximate surface area is 125 Å². The molecule has 21 heavy (non-hydrogen) atoms. The van der Waals surface area contributed by atoms with Crippen LogP contribution in [-0.2, 0) is 13.1 Å². The molecule has 0 aliphatic rings. The standard InChI is InChI=1S/C18H19N3/c1-20(13-16-6-3-2-4-7-16)18-9-5-8-17(12-18)14-21-11-10-19-15-21/h2-12,15H,13-14H2,1H3. The van der Waals surface area contributed by atoms with E-state index < -0.39 is 0 Å². The third-order valence-electron chi connectivity index (χ3n) is 3.54. The van der Waals surface area contributed by atoms with E-state index >= 15 is 0 Å². The first kappa shape index (κ1) is 13.4. The fraction of sp³-hybridized carbons (Fsp3) is 0.167. The molecular formula is C18H19N3. The lowest BCUT2D eigenvalue weighted by molar-refractivity contribution is 0.796. The topological polar surface area (TPSA) is 21.1 Å². The number of rotatable bonds is 5. The minimum Gasteiger partial charge on any atom is -0.370 e. The van der Waals surface area contributed by atoms with Crippen molar-refractivity contribution >= 4 is 5.69 Å². The fourth-order valence-corrected chi connectivity index (χ4v) is 2.43. The zero-order valence-electron chi connectivity index (χ0n) is 12.2. The summed E-state index contributed by atoms with van der Waals surface area (Å²) in [5.41, 5.74) is 3.84. The average Bonchev–Trinajstić information content (AvgIpc) is 3.01. The molecule has 0 spiro atoms. The van der Waals surface area contributed by atoms with Crippen molar-refractivity contribution in [3.05, 3.63) is 84.4 Å². The minimum atomic E-state index is 0.854. The van der Waals surface area contributed by atoms with Crippen LogP contribution < -0.4 is 4.90 Å². The molecule has 3 nitrogen and oxygen atoms in total. The summed E-state index contributed by atoms with van der Waals surface area (Å²) in [6.45, 7) is 1.77. The van der Waals surface area contributed by atoms with Crippen molar-refractivity contribution in [1.82, 2.24) is 9.55 Å². The van der Waals surface area contributed by atoms with E-state index in [1.807, 2.05) is 18.7 Å². The molecule has 1 aromatic heterocycles. The van der Waals surface area contributed by atoms with Crippen LogP contribution in [0, 0.1) is 0 Å². The van der Waals surface area contributed by atoms with Gasteiger partial charge in [-0.15, -0.1) is 0 Å². The maximum atomic E-state index is 4.08. The van der Waals surface area contributed by atoms with Crippen LogP contribution in [0.4, 0.5) is 5.69 Å². The van der Waals surface area contributed by atoms with Crippen LogP contribution in [0.1, 0.15) is 11.1 Å². The number of nitrogens with zero attached hydrogens (tertiary/aromatic N) is 3. The molecular weight excluding hydrogens is 258 g/mol. The number of hydrogen-bond donors (Lipinski definition) is 0. The summed E-state index contributed by atoms with van der Waals surface area (Å²) in [6, 6.07) is 19.2. The molecule has 3 heteroatoms. The van der Waals surface area contributed by atoms with Crippen molar-refractivity contribution in [1.29, 1.82) is 0 Å². The van der Waals surface area contributed by atoms with Crippen molar-refractivity contribution in [2.24, 2.45) is 0 Å². The summed E-state index contributed by atoms with van der Waals surface area (Å²) >= 11 is 0. The van der Waals surface area contributed by atoms with E-state index in [1.54, 1.807) is 0 Å². The van der Waals surface area contributed by atoms with Gasteiger partial charge in [0.25, 0.3) is 0 Å². The smallest absolute Gasteiger partial charge is 0.0949 e. The second-order valence-electron chi connectivity index (χ2n) is 5.25. The quantitative estimate of drug-likeness (QED) is 0.711. The van der Waals surface area contributed by atoms with Gasteiger partial charge in [-0.3, -0.25) is 0 Å². The van der Waals surface area contributed by atoms with Crippen LogP contribution >= 0.6 is 0 Å². The Balaban J connectivity index is 1.73. The molecule has 0 saturated carbocycles. The van der Waals surface area contributed by atoms with E-state index in [2.05, 4.69) is 76.1 Å². The lowest BCUT2D eigenvalue weighted by atomic mass is 10.1. The highest BCUT2D eigenvalue weighted by atomic mass is 15.1. The first-order valence-corrected chi connectivity index (χ1v) is 7.11. The van der Waals surface area contributed by atoms with E-state index in [-0.39, 0.29) is 0 Å². The van der Waals surface area contributed by atoms with Crippen LogP contribution in [-0.4, -0.2) is 16.6 Å². The first-order valence-electron chi connectivity index (χ1n) is 7.11. The molecule has 2 aromatic carbocycles. The number of hydrogen-bond acceptors (Lipinski definition) is 2. The lowest BCUT2D eigenvalue weighted by Gasteiger charge is -2.20. The molecule has 0 amide bonds. The molecule has 0 fully saturated rings. The van der Waals surface area contributed by atoms with Gasteiger partial charge in [-0.2, -0.15) is 0 Å². The number of anilines is 1. The molecule has 0 saturated heterocycles. The van der Waals surface area contributed by atoms with Gasteiger partial charge in [-0.05, 0) is 23.3 Å². The highest BCUT2D eigenvalue weighted by molar-refractivity contribution is 5.48. The summed E-state index contributed by atoms with van der Waals surface area (Å²) in [5.74, 6) is 0. The fourth-order valence-electron chi connectivity index (χ4n) is 2.43. The molecule has 0 atom stereocenters. The van der Waals surface area contributed by atoms with E-state index in [1.165, 1.54) is 16.8 Å². The third-order valence-corrected chi connectivity index (χ3v) is 3.54. The molecule has 0 unspecified atom stereocenters. The Morgan fingerprint density at radius 2 is 1.81 bits per heavy atom. The van der Waals surface area contributed by atoms with Gasteiger partial charge in [0, 0.05) is 38.2 Å². The van der Waals surface area contributed by atoms with Gasteiger partial charge >= 0.3 is 0 Å². The summed E-state index contributed by atoms with van der Waals surface area (Å²) in [6.07, 6.45) is 5.64. The maximum absolute atomic E-state index is 4.08. The Morgan fingerprint density at radius 1 is 1.00 bits per heavy atom. The summed E-state index contributed by atoms with van der Waals surface area (Å²) < 4.78 is 2.08. The van der Waals surface area contributed by atoms with Crippen molar-refractivity contribution in [2.75, 3.05) is 11.9 Å². The number of benzene rings is 2.